The lowest BCUT2D eigenvalue weighted by atomic mass is 10.1. The van der Waals surface area contributed by atoms with E-state index < -0.39 is 5.60 Å². The van der Waals surface area contributed by atoms with Crippen molar-refractivity contribution in [2.75, 3.05) is 13.1 Å². The van der Waals surface area contributed by atoms with Crippen molar-refractivity contribution in [2.24, 2.45) is 0 Å². The van der Waals surface area contributed by atoms with Crippen LogP contribution >= 0.6 is 0 Å². The normalized spacial score (nSPS) is 23.6. The quantitative estimate of drug-likeness (QED) is 0.862. The number of hydrogen-bond donors (Lipinski definition) is 2. The highest BCUT2D eigenvalue weighted by Gasteiger charge is 2.31. The Balaban J connectivity index is 1.93. The van der Waals surface area contributed by atoms with Gasteiger partial charge >= 0.3 is 0 Å². The van der Waals surface area contributed by atoms with Crippen LogP contribution in [-0.2, 0) is 6.54 Å². The van der Waals surface area contributed by atoms with Gasteiger partial charge in [0.15, 0.2) is 0 Å². The van der Waals surface area contributed by atoms with E-state index in [1.807, 2.05) is 26.0 Å². The Kier molecular flexibility index (Phi) is 3.11. The summed E-state index contributed by atoms with van der Waals surface area (Å²) in [6.45, 7) is 5.80. The van der Waals surface area contributed by atoms with E-state index in [4.69, 9.17) is 0 Å². The van der Waals surface area contributed by atoms with Crippen molar-refractivity contribution in [2.45, 2.75) is 32.4 Å². The van der Waals surface area contributed by atoms with Gasteiger partial charge in [0.05, 0.1) is 23.0 Å². The fourth-order valence-electron chi connectivity index (χ4n) is 2.81. The minimum atomic E-state index is -0.632. The van der Waals surface area contributed by atoms with E-state index in [0.717, 1.165) is 24.0 Å². The molecule has 2 aromatic rings. The minimum absolute atomic E-state index is 0.0975. The Hall–Kier alpha value is -1.72. The van der Waals surface area contributed by atoms with Crippen molar-refractivity contribution in [3.63, 3.8) is 0 Å². The zero-order valence-corrected chi connectivity index (χ0v) is 11.8. The molecule has 1 saturated heterocycles. The first-order chi connectivity index (χ1) is 9.44. The van der Waals surface area contributed by atoms with E-state index in [9.17, 15) is 9.90 Å². The Morgan fingerprint density at radius 2 is 2.30 bits per heavy atom. The average Bonchev–Trinajstić information content (AvgIpc) is 2.70. The summed E-state index contributed by atoms with van der Waals surface area (Å²) in [5.41, 5.74) is 1.03. The van der Waals surface area contributed by atoms with Gasteiger partial charge in [0, 0.05) is 13.1 Å². The molecule has 1 aliphatic rings. The van der Waals surface area contributed by atoms with Gasteiger partial charge in [-0.05, 0) is 31.9 Å². The van der Waals surface area contributed by atoms with Gasteiger partial charge in [-0.3, -0.25) is 9.69 Å². The first-order valence-corrected chi connectivity index (χ1v) is 6.88. The molecule has 1 fully saturated rings. The zero-order valence-electron chi connectivity index (χ0n) is 11.8. The van der Waals surface area contributed by atoms with Crippen LogP contribution in [0.5, 0.6) is 0 Å². The van der Waals surface area contributed by atoms with Crippen LogP contribution in [0.15, 0.2) is 23.0 Å². The SMILES string of the molecule is Cc1cccc2c(=O)[nH]c(CN3CCC(C)(O)C3)nc12. The molecular weight excluding hydrogens is 254 g/mol. The second kappa shape index (κ2) is 4.68. The molecule has 0 saturated carbocycles. The Morgan fingerprint density at radius 3 is 3.00 bits per heavy atom. The molecule has 1 unspecified atom stereocenters. The number of benzene rings is 1. The monoisotopic (exact) mass is 273 g/mol. The third-order valence-electron chi connectivity index (χ3n) is 3.89. The summed E-state index contributed by atoms with van der Waals surface area (Å²) in [7, 11) is 0. The summed E-state index contributed by atoms with van der Waals surface area (Å²) >= 11 is 0. The van der Waals surface area contributed by atoms with Crippen molar-refractivity contribution >= 4 is 10.9 Å². The maximum absolute atomic E-state index is 12.1. The molecule has 2 heterocycles. The highest BCUT2D eigenvalue weighted by Crippen LogP contribution is 2.21. The number of nitrogens with one attached hydrogen (secondary N) is 1. The Labute approximate surface area is 117 Å². The molecule has 0 radical (unpaired) electrons. The molecule has 3 rings (SSSR count). The molecule has 1 aromatic carbocycles. The first kappa shape index (κ1) is 13.3. The van der Waals surface area contributed by atoms with Crippen LogP contribution in [0.1, 0.15) is 24.7 Å². The van der Waals surface area contributed by atoms with E-state index in [1.54, 1.807) is 6.07 Å². The molecule has 1 aromatic heterocycles. The van der Waals surface area contributed by atoms with Gasteiger partial charge < -0.3 is 10.1 Å². The van der Waals surface area contributed by atoms with Crippen molar-refractivity contribution in [1.82, 2.24) is 14.9 Å². The number of aromatic amines is 1. The summed E-state index contributed by atoms with van der Waals surface area (Å²) in [6.07, 6.45) is 0.754. The van der Waals surface area contributed by atoms with Gasteiger partial charge in [0.25, 0.3) is 5.56 Å². The topological polar surface area (TPSA) is 69.2 Å². The number of likely N-dealkylation sites (tertiary alicyclic amines) is 1. The van der Waals surface area contributed by atoms with E-state index >= 15 is 0 Å². The van der Waals surface area contributed by atoms with E-state index in [2.05, 4.69) is 14.9 Å². The van der Waals surface area contributed by atoms with Crippen LogP contribution < -0.4 is 5.56 Å². The van der Waals surface area contributed by atoms with Gasteiger partial charge in [-0.25, -0.2) is 4.98 Å². The zero-order chi connectivity index (χ0) is 14.3. The fourth-order valence-corrected chi connectivity index (χ4v) is 2.81. The fraction of sp³-hybridized carbons (Fsp3) is 0.467. The Bertz CT molecular complexity index is 706. The lowest BCUT2D eigenvalue weighted by molar-refractivity contribution is 0.0676. The minimum Gasteiger partial charge on any atom is -0.389 e. The third-order valence-corrected chi connectivity index (χ3v) is 3.89. The second-order valence-electron chi connectivity index (χ2n) is 5.94. The van der Waals surface area contributed by atoms with Gasteiger partial charge in [-0.2, -0.15) is 0 Å². The molecule has 0 aliphatic carbocycles. The molecule has 0 amide bonds. The number of rotatable bonds is 2. The smallest absolute Gasteiger partial charge is 0.258 e. The maximum Gasteiger partial charge on any atom is 0.258 e. The number of H-pyrrole nitrogens is 1. The second-order valence-corrected chi connectivity index (χ2v) is 5.94. The molecule has 20 heavy (non-hydrogen) atoms. The van der Waals surface area contributed by atoms with Crippen LogP contribution in [0.2, 0.25) is 0 Å². The van der Waals surface area contributed by atoms with Crippen LogP contribution in [-0.4, -0.2) is 38.7 Å². The summed E-state index contributed by atoms with van der Waals surface area (Å²) in [5.74, 6) is 0.662. The molecule has 0 spiro atoms. The number of aryl methyl sites for hydroxylation is 1. The third kappa shape index (κ3) is 2.46. The van der Waals surface area contributed by atoms with Gasteiger partial charge in [0.2, 0.25) is 0 Å². The van der Waals surface area contributed by atoms with Gasteiger partial charge in [-0.15, -0.1) is 0 Å². The summed E-state index contributed by atoms with van der Waals surface area (Å²) in [6, 6.07) is 5.61. The lowest BCUT2D eigenvalue weighted by Gasteiger charge is -2.18. The molecule has 2 N–H and O–H groups in total. The number of aromatic nitrogens is 2. The number of aliphatic hydroxyl groups is 1. The predicted molar refractivity (Wildman–Crippen MR) is 77.6 cm³/mol. The van der Waals surface area contributed by atoms with Crippen LogP contribution in [0, 0.1) is 6.92 Å². The van der Waals surface area contributed by atoms with Gasteiger partial charge in [-0.1, -0.05) is 12.1 Å². The van der Waals surface area contributed by atoms with Crippen molar-refractivity contribution < 1.29 is 5.11 Å². The molecule has 106 valence electrons. The van der Waals surface area contributed by atoms with E-state index in [1.165, 1.54) is 0 Å². The molecule has 1 atom stereocenters. The number of fused-ring (bicyclic) bond motifs is 1. The van der Waals surface area contributed by atoms with Gasteiger partial charge in [0.1, 0.15) is 5.82 Å². The summed E-state index contributed by atoms with van der Waals surface area (Å²) in [5, 5.41) is 10.6. The molecule has 1 aliphatic heterocycles. The number of nitrogens with zero attached hydrogens (tertiary/aromatic N) is 2. The number of β-amino-alcohol motifs (C(OH)–C–C–N with tert-alkyl or cyclic N) is 1. The first-order valence-electron chi connectivity index (χ1n) is 6.88. The maximum atomic E-state index is 12.1. The highest BCUT2D eigenvalue weighted by atomic mass is 16.3. The number of hydrogen-bond acceptors (Lipinski definition) is 4. The van der Waals surface area contributed by atoms with E-state index in [0.29, 0.717) is 24.3 Å². The Morgan fingerprint density at radius 1 is 1.50 bits per heavy atom. The van der Waals surface area contributed by atoms with Crippen LogP contribution in [0.3, 0.4) is 0 Å². The molecule has 5 heteroatoms. The summed E-state index contributed by atoms with van der Waals surface area (Å²) in [4.78, 5) is 21.6. The number of para-hydroxylation sites is 1. The van der Waals surface area contributed by atoms with Crippen LogP contribution in [0.25, 0.3) is 10.9 Å². The largest absolute Gasteiger partial charge is 0.389 e. The van der Waals surface area contributed by atoms with Crippen LogP contribution in [0.4, 0.5) is 0 Å². The summed E-state index contributed by atoms with van der Waals surface area (Å²) < 4.78 is 0. The molecule has 5 nitrogen and oxygen atoms in total. The van der Waals surface area contributed by atoms with E-state index in [-0.39, 0.29) is 5.56 Å². The van der Waals surface area contributed by atoms with Crippen molar-refractivity contribution in [1.29, 1.82) is 0 Å². The highest BCUT2D eigenvalue weighted by molar-refractivity contribution is 5.80. The lowest BCUT2D eigenvalue weighted by Crippen LogP contribution is -2.30. The molecular formula is C15H19N3O2. The van der Waals surface area contributed by atoms with Crippen molar-refractivity contribution in [3.05, 3.63) is 39.9 Å². The standard InChI is InChI=1S/C15H19N3O2/c1-10-4-3-5-11-13(10)16-12(17-14(11)19)8-18-7-6-15(2,20)9-18/h3-5,20H,6-9H2,1-2H3,(H,16,17,19). The average molecular weight is 273 g/mol. The predicted octanol–water partition coefficient (Wildman–Crippen LogP) is 1.19. The molecule has 0 bridgehead atoms. The van der Waals surface area contributed by atoms with Crippen molar-refractivity contribution in [3.8, 4) is 0 Å².